The summed E-state index contributed by atoms with van der Waals surface area (Å²) in [6, 6.07) is 12.1. The highest BCUT2D eigenvalue weighted by Gasteiger charge is 2.14. The number of allylic oxidation sites excluding steroid dienone is 1. The van der Waals surface area contributed by atoms with Gasteiger partial charge in [-0.2, -0.15) is 5.26 Å². The fraction of sp³-hybridized carbons (Fsp3) is 0.238. The SMILES string of the molecule is CCC(C)Oc1c(I)cc(C=C(C#N)c2ccc(C(=O)O)cc2)cc1OC. The molecule has 0 amide bonds. The van der Waals surface area contributed by atoms with Crippen LogP contribution in [0, 0.1) is 14.9 Å². The van der Waals surface area contributed by atoms with Crippen LogP contribution in [0.5, 0.6) is 11.5 Å². The minimum absolute atomic E-state index is 0.0660. The lowest BCUT2D eigenvalue weighted by Gasteiger charge is -2.17. The summed E-state index contributed by atoms with van der Waals surface area (Å²) in [5.41, 5.74) is 2.06. The van der Waals surface area contributed by atoms with Gasteiger partial charge in [-0.15, -0.1) is 0 Å². The Morgan fingerprint density at radius 3 is 2.44 bits per heavy atom. The molecule has 0 aliphatic rings. The summed E-state index contributed by atoms with van der Waals surface area (Å²) in [5.74, 6) is 0.293. The zero-order valence-corrected chi connectivity index (χ0v) is 17.5. The summed E-state index contributed by atoms with van der Waals surface area (Å²) >= 11 is 2.19. The van der Waals surface area contributed by atoms with Gasteiger partial charge in [-0.3, -0.25) is 0 Å². The molecule has 1 N–H and O–H groups in total. The Labute approximate surface area is 172 Å². The third-order valence-electron chi connectivity index (χ3n) is 4.02. The monoisotopic (exact) mass is 477 g/mol. The standard InChI is InChI=1S/C21H20INO4/c1-4-13(2)27-20-18(22)10-14(11-19(20)26-3)9-17(12-23)15-5-7-16(8-6-15)21(24)25/h5-11,13H,4H2,1-3H3,(H,24,25). The van der Waals surface area contributed by atoms with Crippen LogP contribution < -0.4 is 9.47 Å². The second-order valence-electron chi connectivity index (χ2n) is 5.92. The number of carboxylic acid groups (broad SMARTS) is 1. The zero-order valence-electron chi connectivity index (χ0n) is 15.3. The van der Waals surface area contributed by atoms with Crippen LogP contribution in [0.4, 0.5) is 0 Å². The van der Waals surface area contributed by atoms with Crippen LogP contribution in [-0.2, 0) is 0 Å². The average Bonchev–Trinajstić information content (AvgIpc) is 2.67. The molecule has 0 heterocycles. The first kappa shape index (κ1) is 20.8. The van der Waals surface area contributed by atoms with Crippen LogP contribution in [-0.4, -0.2) is 24.3 Å². The Hall–Kier alpha value is -2.53. The molecule has 1 unspecified atom stereocenters. The molecule has 0 aliphatic heterocycles. The number of rotatable bonds is 7. The van der Waals surface area contributed by atoms with E-state index in [2.05, 4.69) is 35.6 Å². The lowest BCUT2D eigenvalue weighted by atomic mass is 10.0. The van der Waals surface area contributed by atoms with E-state index in [1.165, 1.54) is 12.1 Å². The number of hydrogen-bond donors (Lipinski definition) is 1. The highest BCUT2D eigenvalue weighted by Crippen LogP contribution is 2.36. The van der Waals surface area contributed by atoms with Crippen molar-refractivity contribution < 1.29 is 19.4 Å². The van der Waals surface area contributed by atoms with Crippen molar-refractivity contribution in [2.45, 2.75) is 26.4 Å². The lowest BCUT2D eigenvalue weighted by Crippen LogP contribution is -2.11. The van der Waals surface area contributed by atoms with Gasteiger partial charge in [0.1, 0.15) is 0 Å². The Kier molecular flexibility index (Phi) is 7.25. The van der Waals surface area contributed by atoms with Crippen molar-refractivity contribution in [1.29, 1.82) is 5.26 Å². The van der Waals surface area contributed by atoms with Crippen molar-refractivity contribution in [1.82, 2.24) is 0 Å². The Balaban J connectivity index is 2.42. The molecule has 0 saturated carbocycles. The van der Waals surface area contributed by atoms with Gasteiger partial charge < -0.3 is 14.6 Å². The minimum atomic E-state index is -1.000. The van der Waals surface area contributed by atoms with Crippen molar-refractivity contribution in [3.05, 3.63) is 56.7 Å². The first-order chi connectivity index (χ1) is 12.9. The first-order valence-corrected chi connectivity index (χ1v) is 9.47. The number of nitrogens with zero attached hydrogens (tertiary/aromatic N) is 1. The Morgan fingerprint density at radius 1 is 1.30 bits per heavy atom. The molecule has 6 heteroatoms. The van der Waals surface area contributed by atoms with E-state index in [0.717, 1.165) is 15.6 Å². The van der Waals surface area contributed by atoms with Gasteiger partial charge in [0.05, 0.1) is 34.0 Å². The minimum Gasteiger partial charge on any atom is -0.493 e. The van der Waals surface area contributed by atoms with Crippen molar-refractivity contribution >= 4 is 40.2 Å². The zero-order chi connectivity index (χ0) is 20.0. The molecular weight excluding hydrogens is 457 g/mol. The summed E-state index contributed by atoms with van der Waals surface area (Å²) in [5, 5.41) is 18.5. The summed E-state index contributed by atoms with van der Waals surface area (Å²) in [4.78, 5) is 11.0. The van der Waals surface area contributed by atoms with E-state index in [1.807, 2.05) is 19.1 Å². The van der Waals surface area contributed by atoms with Gasteiger partial charge in [-0.05, 0) is 77.4 Å². The molecule has 0 aliphatic carbocycles. The van der Waals surface area contributed by atoms with E-state index in [4.69, 9.17) is 14.6 Å². The summed E-state index contributed by atoms with van der Waals surface area (Å²) in [6.45, 7) is 4.05. The number of methoxy groups -OCH3 is 1. The number of aromatic carboxylic acids is 1. The normalized spacial score (nSPS) is 12.2. The third kappa shape index (κ3) is 5.23. The van der Waals surface area contributed by atoms with Gasteiger partial charge in [-0.25, -0.2) is 4.79 Å². The number of ether oxygens (including phenoxy) is 2. The number of hydrogen-bond acceptors (Lipinski definition) is 4. The van der Waals surface area contributed by atoms with Gasteiger partial charge in [0.15, 0.2) is 11.5 Å². The molecule has 1 atom stereocenters. The number of nitriles is 1. The summed E-state index contributed by atoms with van der Waals surface area (Å²) < 4.78 is 12.3. The molecule has 2 aromatic carbocycles. The third-order valence-corrected chi connectivity index (χ3v) is 4.82. The molecule has 0 spiro atoms. The highest BCUT2D eigenvalue weighted by atomic mass is 127. The van der Waals surface area contributed by atoms with Crippen LogP contribution in [0.25, 0.3) is 11.6 Å². The van der Waals surface area contributed by atoms with Crippen LogP contribution in [0.3, 0.4) is 0 Å². The van der Waals surface area contributed by atoms with E-state index >= 15 is 0 Å². The van der Waals surface area contributed by atoms with Crippen molar-refractivity contribution in [3.8, 4) is 17.6 Å². The van der Waals surface area contributed by atoms with Crippen LogP contribution >= 0.6 is 22.6 Å². The summed E-state index contributed by atoms with van der Waals surface area (Å²) in [6.07, 6.45) is 2.69. The average molecular weight is 477 g/mol. The summed E-state index contributed by atoms with van der Waals surface area (Å²) in [7, 11) is 1.58. The maximum absolute atomic E-state index is 11.0. The smallest absolute Gasteiger partial charge is 0.335 e. The van der Waals surface area contributed by atoms with E-state index in [1.54, 1.807) is 25.3 Å². The lowest BCUT2D eigenvalue weighted by molar-refractivity contribution is 0.0697. The second kappa shape index (κ2) is 9.42. The number of halogens is 1. The van der Waals surface area contributed by atoms with Crippen molar-refractivity contribution in [2.24, 2.45) is 0 Å². The maximum atomic E-state index is 11.0. The molecular formula is C21H20INO4. The largest absolute Gasteiger partial charge is 0.493 e. The molecule has 0 fully saturated rings. The van der Waals surface area contributed by atoms with Crippen molar-refractivity contribution in [3.63, 3.8) is 0 Å². The predicted molar refractivity (Wildman–Crippen MR) is 113 cm³/mol. The number of carbonyl (C=O) groups is 1. The van der Waals surface area contributed by atoms with Crippen LogP contribution in [0.15, 0.2) is 36.4 Å². The van der Waals surface area contributed by atoms with E-state index < -0.39 is 5.97 Å². The molecule has 27 heavy (non-hydrogen) atoms. The van der Waals surface area contributed by atoms with Gasteiger partial charge >= 0.3 is 5.97 Å². The number of benzene rings is 2. The van der Waals surface area contributed by atoms with E-state index in [-0.39, 0.29) is 11.7 Å². The van der Waals surface area contributed by atoms with Crippen molar-refractivity contribution in [2.75, 3.05) is 7.11 Å². The molecule has 5 nitrogen and oxygen atoms in total. The molecule has 2 rings (SSSR count). The van der Waals surface area contributed by atoms with Gasteiger partial charge in [-0.1, -0.05) is 19.1 Å². The fourth-order valence-corrected chi connectivity index (χ4v) is 3.11. The predicted octanol–water partition coefficient (Wildman–Crippen LogP) is 5.24. The molecule has 0 saturated heterocycles. The van der Waals surface area contributed by atoms with Gasteiger partial charge in [0.2, 0.25) is 0 Å². The van der Waals surface area contributed by atoms with Gasteiger partial charge in [0, 0.05) is 0 Å². The first-order valence-electron chi connectivity index (χ1n) is 8.39. The fourth-order valence-electron chi connectivity index (χ4n) is 2.36. The Bertz CT molecular complexity index is 898. The van der Waals surface area contributed by atoms with E-state index in [9.17, 15) is 10.1 Å². The van der Waals surface area contributed by atoms with Crippen LogP contribution in [0.2, 0.25) is 0 Å². The van der Waals surface area contributed by atoms with Crippen LogP contribution in [0.1, 0.15) is 41.8 Å². The number of carboxylic acids is 1. The molecule has 0 aromatic heterocycles. The topological polar surface area (TPSA) is 79.5 Å². The molecule has 2 aromatic rings. The molecule has 0 bridgehead atoms. The Morgan fingerprint density at radius 2 is 1.93 bits per heavy atom. The second-order valence-corrected chi connectivity index (χ2v) is 7.09. The molecule has 0 radical (unpaired) electrons. The highest BCUT2D eigenvalue weighted by molar-refractivity contribution is 14.1. The van der Waals surface area contributed by atoms with Gasteiger partial charge in [0.25, 0.3) is 0 Å². The maximum Gasteiger partial charge on any atom is 0.335 e. The molecule has 140 valence electrons. The van der Waals surface area contributed by atoms with E-state index in [0.29, 0.717) is 22.6 Å². The quantitative estimate of drug-likeness (QED) is 0.335.